The molecule has 0 saturated carbocycles. The number of nitrogens with zero attached hydrogens (tertiary/aromatic N) is 2. The summed E-state index contributed by atoms with van der Waals surface area (Å²) < 4.78 is 5.49. The zero-order valence-electron chi connectivity index (χ0n) is 9.81. The highest BCUT2D eigenvalue weighted by atomic mass is 32.2. The summed E-state index contributed by atoms with van der Waals surface area (Å²) >= 11 is 1.76. The van der Waals surface area contributed by atoms with E-state index >= 15 is 0 Å². The van der Waals surface area contributed by atoms with Crippen molar-refractivity contribution in [3.63, 3.8) is 0 Å². The monoisotopic (exact) mass is 274 g/mol. The molecule has 0 spiro atoms. The molecule has 1 aromatic heterocycles. The van der Waals surface area contributed by atoms with Gasteiger partial charge in [-0.05, 0) is 11.6 Å². The van der Waals surface area contributed by atoms with Crippen LogP contribution in [-0.4, -0.2) is 27.0 Å². The van der Waals surface area contributed by atoms with Gasteiger partial charge in [-0.25, -0.2) is 4.79 Å². The normalized spacial score (nSPS) is 17.8. The van der Waals surface area contributed by atoms with Crippen LogP contribution >= 0.6 is 11.8 Å². The van der Waals surface area contributed by atoms with E-state index in [1.807, 2.05) is 12.1 Å². The van der Waals surface area contributed by atoms with Crippen LogP contribution in [0.3, 0.4) is 0 Å². The van der Waals surface area contributed by atoms with E-state index in [4.69, 9.17) is 9.52 Å². The van der Waals surface area contributed by atoms with Crippen molar-refractivity contribution in [3.05, 3.63) is 47.7 Å². The fraction of sp³-hybridized carbons (Fsp3) is 0.154. The maximum atomic E-state index is 10.4. The zero-order chi connectivity index (χ0) is 13.2. The number of aromatic nitrogens is 2. The SMILES string of the molecule is O=C(O)/C=C/c1nnc(C2CSc3ccccc32)o1. The maximum Gasteiger partial charge on any atom is 0.328 e. The lowest BCUT2D eigenvalue weighted by Gasteiger charge is -2.04. The summed E-state index contributed by atoms with van der Waals surface area (Å²) in [4.78, 5) is 11.6. The molecule has 6 heteroatoms. The van der Waals surface area contributed by atoms with E-state index in [-0.39, 0.29) is 11.8 Å². The number of carboxylic acids is 1. The molecule has 1 aliphatic rings. The quantitative estimate of drug-likeness (QED) is 0.866. The second-order valence-corrected chi connectivity index (χ2v) is 5.11. The molecule has 1 unspecified atom stereocenters. The van der Waals surface area contributed by atoms with Crippen LogP contribution in [-0.2, 0) is 4.79 Å². The number of rotatable bonds is 3. The number of thioether (sulfide) groups is 1. The molecule has 2 aromatic rings. The van der Waals surface area contributed by atoms with Gasteiger partial charge in [-0.1, -0.05) is 18.2 Å². The largest absolute Gasteiger partial charge is 0.478 e. The van der Waals surface area contributed by atoms with E-state index < -0.39 is 5.97 Å². The van der Waals surface area contributed by atoms with E-state index in [1.165, 1.54) is 16.5 Å². The Labute approximate surface area is 113 Å². The van der Waals surface area contributed by atoms with E-state index in [2.05, 4.69) is 22.3 Å². The highest BCUT2D eigenvalue weighted by Gasteiger charge is 2.28. The highest BCUT2D eigenvalue weighted by molar-refractivity contribution is 7.99. The Kier molecular flexibility index (Phi) is 3.08. The van der Waals surface area contributed by atoms with Gasteiger partial charge in [0.05, 0.1) is 5.92 Å². The standard InChI is InChI=1S/C13H10N2O3S/c16-12(17)6-5-11-14-15-13(18-11)9-7-19-10-4-2-1-3-8(9)10/h1-6,9H,7H2,(H,16,17)/b6-5+. The lowest BCUT2D eigenvalue weighted by Crippen LogP contribution is -1.99. The molecule has 0 amide bonds. The number of carbonyl (C=O) groups is 1. The van der Waals surface area contributed by atoms with Crippen LogP contribution in [0.25, 0.3) is 6.08 Å². The number of benzene rings is 1. The van der Waals surface area contributed by atoms with Gasteiger partial charge in [0, 0.05) is 22.8 Å². The van der Waals surface area contributed by atoms with E-state index in [9.17, 15) is 4.79 Å². The molecule has 5 nitrogen and oxygen atoms in total. The number of aliphatic carboxylic acids is 1. The third-order valence-corrected chi connectivity index (χ3v) is 4.01. The molecule has 96 valence electrons. The minimum absolute atomic E-state index is 0.0840. The van der Waals surface area contributed by atoms with Gasteiger partial charge in [0.2, 0.25) is 11.8 Å². The number of hydrogen-bond donors (Lipinski definition) is 1. The van der Waals surface area contributed by atoms with Gasteiger partial charge in [0.25, 0.3) is 0 Å². The molecule has 0 saturated heterocycles. The molecule has 0 fully saturated rings. The van der Waals surface area contributed by atoms with Crippen LogP contribution < -0.4 is 0 Å². The summed E-state index contributed by atoms with van der Waals surface area (Å²) in [5.74, 6) is 0.653. The molecule has 0 radical (unpaired) electrons. The molecule has 1 aliphatic heterocycles. The fourth-order valence-corrected chi connectivity index (χ4v) is 3.18. The molecule has 0 bridgehead atoms. The molecule has 3 rings (SSSR count). The Balaban J connectivity index is 1.87. The number of fused-ring (bicyclic) bond motifs is 1. The predicted octanol–water partition coefficient (Wildman–Crippen LogP) is 2.41. The third kappa shape index (κ3) is 2.39. The van der Waals surface area contributed by atoms with Crippen LogP contribution in [0, 0.1) is 0 Å². The van der Waals surface area contributed by atoms with Crippen molar-refractivity contribution in [1.82, 2.24) is 10.2 Å². The molecule has 1 aromatic carbocycles. The summed E-state index contributed by atoms with van der Waals surface area (Å²) in [5.41, 5.74) is 1.19. The van der Waals surface area contributed by atoms with Gasteiger partial charge >= 0.3 is 5.97 Å². The molecule has 1 N–H and O–H groups in total. The third-order valence-electron chi connectivity index (χ3n) is 2.82. The fourth-order valence-electron chi connectivity index (χ4n) is 1.96. The Hall–Kier alpha value is -2.08. The summed E-state index contributed by atoms with van der Waals surface area (Å²) in [6.07, 6.45) is 2.28. The first-order chi connectivity index (χ1) is 9.24. The first-order valence-electron chi connectivity index (χ1n) is 5.70. The topological polar surface area (TPSA) is 76.2 Å². The van der Waals surface area contributed by atoms with Crippen LogP contribution in [0.5, 0.6) is 0 Å². The maximum absolute atomic E-state index is 10.4. The van der Waals surface area contributed by atoms with Gasteiger partial charge in [0.15, 0.2) is 0 Å². The smallest absolute Gasteiger partial charge is 0.328 e. The highest BCUT2D eigenvalue weighted by Crippen LogP contribution is 2.42. The average molecular weight is 274 g/mol. The summed E-state index contributed by atoms with van der Waals surface area (Å²) in [7, 11) is 0. The van der Waals surface area contributed by atoms with Crippen LogP contribution in [0.15, 0.2) is 39.7 Å². The van der Waals surface area contributed by atoms with Crippen molar-refractivity contribution in [2.45, 2.75) is 10.8 Å². The second kappa shape index (κ2) is 4.89. The van der Waals surface area contributed by atoms with Gasteiger partial charge in [-0.15, -0.1) is 22.0 Å². The van der Waals surface area contributed by atoms with Crippen molar-refractivity contribution < 1.29 is 14.3 Å². The molecule has 19 heavy (non-hydrogen) atoms. The zero-order valence-corrected chi connectivity index (χ0v) is 10.6. The first-order valence-corrected chi connectivity index (χ1v) is 6.69. The van der Waals surface area contributed by atoms with E-state index in [0.717, 1.165) is 11.8 Å². The summed E-state index contributed by atoms with van der Waals surface area (Å²) in [6, 6.07) is 8.11. The van der Waals surface area contributed by atoms with Gasteiger partial charge in [0.1, 0.15) is 0 Å². The minimum atomic E-state index is -1.04. The number of hydrogen-bond acceptors (Lipinski definition) is 5. The molecule has 0 aliphatic carbocycles. The van der Waals surface area contributed by atoms with Crippen molar-refractivity contribution in [2.75, 3.05) is 5.75 Å². The van der Waals surface area contributed by atoms with E-state index in [0.29, 0.717) is 5.89 Å². The molecular formula is C13H10N2O3S. The van der Waals surface area contributed by atoms with Crippen molar-refractivity contribution in [2.24, 2.45) is 0 Å². The van der Waals surface area contributed by atoms with Gasteiger partial charge < -0.3 is 9.52 Å². The van der Waals surface area contributed by atoms with Crippen molar-refractivity contribution in [1.29, 1.82) is 0 Å². The first kappa shape index (κ1) is 12.0. The van der Waals surface area contributed by atoms with E-state index in [1.54, 1.807) is 11.8 Å². The van der Waals surface area contributed by atoms with Crippen LogP contribution in [0.1, 0.15) is 23.3 Å². The van der Waals surface area contributed by atoms with Gasteiger partial charge in [-0.3, -0.25) is 0 Å². The van der Waals surface area contributed by atoms with Crippen LogP contribution in [0.4, 0.5) is 0 Å². The van der Waals surface area contributed by atoms with Crippen molar-refractivity contribution in [3.8, 4) is 0 Å². The molecular weight excluding hydrogens is 264 g/mol. The Morgan fingerprint density at radius 3 is 3.11 bits per heavy atom. The molecule has 2 heterocycles. The van der Waals surface area contributed by atoms with Crippen LogP contribution in [0.2, 0.25) is 0 Å². The lowest BCUT2D eigenvalue weighted by molar-refractivity contribution is -0.131. The predicted molar refractivity (Wildman–Crippen MR) is 70.0 cm³/mol. The Morgan fingerprint density at radius 1 is 1.42 bits per heavy atom. The second-order valence-electron chi connectivity index (χ2n) is 4.05. The lowest BCUT2D eigenvalue weighted by atomic mass is 10.0. The average Bonchev–Trinajstić information content (AvgIpc) is 3.02. The Morgan fingerprint density at radius 2 is 2.26 bits per heavy atom. The summed E-state index contributed by atoms with van der Waals surface area (Å²) in [5, 5.41) is 16.4. The Bertz CT molecular complexity index is 651. The number of carboxylic acid groups (broad SMARTS) is 1. The molecule has 1 atom stereocenters. The van der Waals surface area contributed by atoms with Gasteiger partial charge in [-0.2, -0.15) is 0 Å². The summed E-state index contributed by atoms with van der Waals surface area (Å²) in [6.45, 7) is 0. The van der Waals surface area contributed by atoms with Crippen molar-refractivity contribution >= 4 is 23.8 Å². The minimum Gasteiger partial charge on any atom is -0.478 e.